The fourth-order valence-electron chi connectivity index (χ4n) is 1.99. The lowest BCUT2D eigenvalue weighted by atomic mass is 10.1. The number of hydrogen-bond donors (Lipinski definition) is 1. The van der Waals surface area contributed by atoms with Gasteiger partial charge >= 0.3 is 0 Å². The molecular weight excluding hydrogens is 244 g/mol. The van der Waals surface area contributed by atoms with E-state index in [4.69, 9.17) is 0 Å². The van der Waals surface area contributed by atoms with Gasteiger partial charge in [-0.05, 0) is 12.8 Å². The Morgan fingerprint density at radius 1 is 1.39 bits per heavy atom. The van der Waals surface area contributed by atoms with E-state index < -0.39 is 0 Å². The number of aryl methyl sites for hydroxylation is 2. The lowest BCUT2D eigenvalue weighted by Gasteiger charge is -2.05. The number of rotatable bonds is 5. The SMILES string of the molecule is Cc1nc(CNCc2cn(C)nc2C(C)C)cs1. The van der Waals surface area contributed by atoms with Crippen LogP contribution in [-0.4, -0.2) is 14.8 Å². The Hall–Kier alpha value is -1.20. The van der Waals surface area contributed by atoms with Crippen LogP contribution in [0.15, 0.2) is 11.6 Å². The smallest absolute Gasteiger partial charge is 0.0897 e. The highest BCUT2D eigenvalue weighted by molar-refractivity contribution is 7.09. The van der Waals surface area contributed by atoms with Crippen LogP contribution in [0.2, 0.25) is 0 Å². The molecule has 0 aliphatic heterocycles. The van der Waals surface area contributed by atoms with E-state index in [1.165, 1.54) is 11.3 Å². The number of hydrogen-bond acceptors (Lipinski definition) is 4. The van der Waals surface area contributed by atoms with Crippen LogP contribution >= 0.6 is 11.3 Å². The Labute approximate surface area is 112 Å². The number of nitrogens with zero attached hydrogens (tertiary/aromatic N) is 3. The van der Waals surface area contributed by atoms with Gasteiger partial charge in [-0.2, -0.15) is 5.10 Å². The van der Waals surface area contributed by atoms with Gasteiger partial charge in [-0.1, -0.05) is 13.8 Å². The molecule has 0 aromatic carbocycles. The van der Waals surface area contributed by atoms with Gasteiger partial charge in [-0.3, -0.25) is 4.68 Å². The van der Waals surface area contributed by atoms with Crippen molar-refractivity contribution >= 4 is 11.3 Å². The summed E-state index contributed by atoms with van der Waals surface area (Å²) in [4.78, 5) is 4.44. The van der Waals surface area contributed by atoms with Crippen LogP contribution in [0.5, 0.6) is 0 Å². The van der Waals surface area contributed by atoms with Crippen LogP contribution in [0, 0.1) is 6.92 Å². The van der Waals surface area contributed by atoms with Crippen LogP contribution in [-0.2, 0) is 20.1 Å². The first-order valence-corrected chi connectivity index (χ1v) is 7.08. The quantitative estimate of drug-likeness (QED) is 0.902. The standard InChI is InChI=1S/C13H20N4S/c1-9(2)13-11(7-17(4)16-13)5-14-6-12-8-18-10(3)15-12/h7-9,14H,5-6H2,1-4H3. The third-order valence-electron chi connectivity index (χ3n) is 2.77. The zero-order valence-electron chi connectivity index (χ0n) is 11.4. The second-order valence-electron chi connectivity index (χ2n) is 4.83. The molecule has 0 radical (unpaired) electrons. The Morgan fingerprint density at radius 2 is 2.17 bits per heavy atom. The van der Waals surface area contributed by atoms with Gasteiger partial charge in [0.05, 0.1) is 16.4 Å². The summed E-state index contributed by atoms with van der Waals surface area (Å²) in [7, 11) is 1.97. The average molecular weight is 264 g/mol. The monoisotopic (exact) mass is 264 g/mol. The lowest BCUT2D eigenvalue weighted by molar-refractivity contribution is 0.669. The highest BCUT2D eigenvalue weighted by Crippen LogP contribution is 2.17. The van der Waals surface area contributed by atoms with Crippen molar-refractivity contribution < 1.29 is 0 Å². The topological polar surface area (TPSA) is 42.7 Å². The first-order valence-electron chi connectivity index (χ1n) is 6.20. The fourth-order valence-corrected chi connectivity index (χ4v) is 2.60. The normalized spacial score (nSPS) is 11.4. The van der Waals surface area contributed by atoms with Crippen LogP contribution in [0.25, 0.3) is 0 Å². The van der Waals surface area contributed by atoms with Crippen molar-refractivity contribution in [1.29, 1.82) is 0 Å². The Kier molecular flexibility index (Phi) is 4.14. The maximum atomic E-state index is 4.50. The molecule has 0 atom stereocenters. The molecule has 0 saturated heterocycles. The molecule has 2 rings (SSSR count). The van der Waals surface area contributed by atoms with Crippen LogP contribution in [0.1, 0.15) is 41.7 Å². The molecule has 98 valence electrons. The molecule has 2 aromatic rings. The van der Waals surface area contributed by atoms with E-state index in [1.54, 1.807) is 11.3 Å². The van der Waals surface area contributed by atoms with Gasteiger partial charge in [-0.15, -0.1) is 11.3 Å². The third-order valence-corrected chi connectivity index (χ3v) is 3.59. The summed E-state index contributed by atoms with van der Waals surface area (Å²) in [6, 6.07) is 0. The van der Waals surface area contributed by atoms with Crippen molar-refractivity contribution in [2.45, 2.75) is 39.8 Å². The van der Waals surface area contributed by atoms with E-state index in [-0.39, 0.29) is 0 Å². The van der Waals surface area contributed by atoms with Crippen LogP contribution in [0.3, 0.4) is 0 Å². The largest absolute Gasteiger partial charge is 0.307 e. The average Bonchev–Trinajstić information content (AvgIpc) is 2.85. The molecule has 0 saturated carbocycles. The Morgan fingerprint density at radius 3 is 2.78 bits per heavy atom. The summed E-state index contributed by atoms with van der Waals surface area (Å²) in [5.41, 5.74) is 3.58. The van der Waals surface area contributed by atoms with Gasteiger partial charge in [0.1, 0.15) is 0 Å². The maximum Gasteiger partial charge on any atom is 0.0897 e. The molecule has 0 unspecified atom stereocenters. The molecule has 2 heterocycles. The maximum absolute atomic E-state index is 4.50. The number of thiazole rings is 1. The highest BCUT2D eigenvalue weighted by Gasteiger charge is 2.10. The molecule has 0 fully saturated rings. The molecular formula is C13H20N4S. The lowest BCUT2D eigenvalue weighted by Crippen LogP contribution is -2.14. The predicted octanol–water partition coefficient (Wildman–Crippen LogP) is 2.60. The summed E-state index contributed by atoms with van der Waals surface area (Å²) < 4.78 is 1.89. The zero-order chi connectivity index (χ0) is 13.1. The van der Waals surface area contributed by atoms with Crippen LogP contribution in [0.4, 0.5) is 0 Å². The van der Waals surface area contributed by atoms with Crippen molar-refractivity contribution in [3.8, 4) is 0 Å². The van der Waals surface area contributed by atoms with Gasteiger partial charge in [-0.25, -0.2) is 4.98 Å². The molecule has 1 N–H and O–H groups in total. The second-order valence-corrected chi connectivity index (χ2v) is 5.89. The van der Waals surface area contributed by atoms with Gasteiger partial charge < -0.3 is 5.32 Å². The van der Waals surface area contributed by atoms with E-state index in [0.717, 1.165) is 23.8 Å². The zero-order valence-corrected chi connectivity index (χ0v) is 12.2. The molecule has 0 bridgehead atoms. The minimum Gasteiger partial charge on any atom is -0.307 e. The first kappa shape index (κ1) is 13.2. The van der Waals surface area contributed by atoms with E-state index in [0.29, 0.717) is 5.92 Å². The van der Waals surface area contributed by atoms with Crippen molar-refractivity contribution in [2.24, 2.45) is 7.05 Å². The van der Waals surface area contributed by atoms with Crippen molar-refractivity contribution in [2.75, 3.05) is 0 Å². The van der Waals surface area contributed by atoms with Gasteiger partial charge in [0, 0.05) is 37.3 Å². The Balaban J connectivity index is 1.94. The molecule has 4 nitrogen and oxygen atoms in total. The number of aromatic nitrogens is 3. The molecule has 2 aromatic heterocycles. The Bertz CT molecular complexity index is 513. The molecule has 0 aliphatic carbocycles. The van der Waals surface area contributed by atoms with E-state index >= 15 is 0 Å². The molecule has 5 heteroatoms. The summed E-state index contributed by atoms with van der Waals surface area (Å²) in [6.45, 7) is 8.05. The third kappa shape index (κ3) is 3.17. The molecule has 0 spiro atoms. The van der Waals surface area contributed by atoms with E-state index in [1.807, 2.05) is 18.7 Å². The van der Waals surface area contributed by atoms with Crippen molar-refractivity contribution in [3.63, 3.8) is 0 Å². The van der Waals surface area contributed by atoms with Crippen LogP contribution < -0.4 is 5.32 Å². The van der Waals surface area contributed by atoms with Gasteiger partial charge in [0.15, 0.2) is 0 Å². The summed E-state index contributed by atoms with van der Waals surface area (Å²) >= 11 is 1.70. The van der Waals surface area contributed by atoms with Gasteiger partial charge in [0.2, 0.25) is 0 Å². The van der Waals surface area contributed by atoms with Crippen molar-refractivity contribution in [1.82, 2.24) is 20.1 Å². The van der Waals surface area contributed by atoms with E-state index in [2.05, 4.69) is 40.8 Å². The first-order chi connectivity index (χ1) is 8.56. The van der Waals surface area contributed by atoms with Crippen molar-refractivity contribution in [3.05, 3.63) is 33.5 Å². The number of nitrogens with one attached hydrogen (secondary N) is 1. The minimum absolute atomic E-state index is 0.463. The fraction of sp³-hybridized carbons (Fsp3) is 0.538. The minimum atomic E-state index is 0.463. The van der Waals surface area contributed by atoms with E-state index in [9.17, 15) is 0 Å². The predicted molar refractivity (Wildman–Crippen MR) is 74.7 cm³/mol. The highest BCUT2D eigenvalue weighted by atomic mass is 32.1. The van der Waals surface area contributed by atoms with Gasteiger partial charge in [0.25, 0.3) is 0 Å². The molecule has 0 aliphatic rings. The summed E-state index contributed by atoms with van der Waals surface area (Å²) in [5, 5.41) is 11.2. The summed E-state index contributed by atoms with van der Waals surface area (Å²) in [5.74, 6) is 0.463. The summed E-state index contributed by atoms with van der Waals surface area (Å²) in [6.07, 6.45) is 2.09. The molecule has 0 amide bonds. The molecule has 18 heavy (non-hydrogen) atoms. The second kappa shape index (κ2) is 5.63.